The second kappa shape index (κ2) is 6.39. The first-order valence-electron chi connectivity index (χ1n) is 9.19. The van der Waals surface area contributed by atoms with Gasteiger partial charge >= 0.3 is 6.03 Å². The van der Waals surface area contributed by atoms with E-state index < -0.39 is 6.03 Å². The lowest BCUT2D eigenvalue weighted by atomic mass is 9.72. The number of likely N-dealkylation sites (tertiary alicyclic amines) is 1. The molecule has 7 nitrogen and oxygen atoms in total. The van der Waals surface area contributed by atoms with Crippen LogP contribution in [0.1, 0.15) is 35.2 Å². The van der Waals surface area contributed by atoms with E-state index in [1.165, 1.54) is 4.90 Å². The van der Waals surface area contributed by atoms with Gasteiger partial charge in [0.05, 0.1) is 0 Å². The number of aryl methyl sites for hydroxylation is 1. The summed E-state index contributed by atoms with van der Waals surface area (Å²) in [5, 5.41) is 5.70. The maximum atomic E-state index is 12.9. The minimum Gasteiger partial charge on any atom is -0.337 e. The molecule has 0 aliphatic carbocycles. The number of benzene rings is 1. The minimum absolute atomic E-state index is 0.0175. The second-order valence-corrected chi connectivity index (χ2v) is 7.67. The number of nitrogens with zero attached hydrogens (tertiary/aromatic N) is 2. The lowest BCUT2D eigenvalue weighted by Crippen LogP contribution is -2.61. The van der Waals surface area contributed by atoms with Gasteiger partial charge in [-0.15, -0.1) is 0 Å². The molecule has 3 saturated heterocycles. The number of carbonyl (C=O) groups is 3. The summed E-state index contributed by atoms with van der Waals surface area (Å²) < 4.78 is 0. The van der Waals surface area contributed by atoms with E-state index in [0.29, 0.717) is 23.2 Å². The molecule has 26 heavy (non-hydrogen) atoms. The highest BCUT2D eigenvalue weighted by molar-refractivity contribution is 6.06. The zero-order chi connectivity index (χ0) is 18.3. The molecule has 0 aromatic heterocycles. The number of piperidine rings is 1. The van der Waals surface area contributed by atoms with Gasteiger partial charge in [0.25, 0.3) is 5.91 Å². The standard InChI is InChI=1S/C19H24N4O3/c1-13-2-3-14(10-15(13)23-9-4-16(24)21-18(23)26)17(25)22-11-19(12-22)5-7-20-8-6-19/h2-3,10,20H,4-9,11-12H2,1H3,(H,21,24,26). The number of hydrogen-bond donors (Lipinski definition) is 2. The lowest BCUT2D eigenvalue weighted by Gasteiger charge is -2.52. The summed E-state index contributed by atoms with van der Waals surface area (Å²) in [5.74, 6) is -0.243. The minimum atomic E-state index is -0.424. The molecule has 3 heterocycles. The number of carbonyl (C=O) groups excluding carboxylic acids is 3. The fourth-order valence-corrected chi connectivity index (χ4v) is 4.19. The van der Waals surface area contributed by atoms with Gasteiger partial charge in [0.1, 0.15) is 0 Å². The first-order chi connectivity index (χ1) is 12.5. The van der Waals surface area contributed by atoms with Crippen LogP contribution in [0.5, 0.6) is 0 Å². The van der Waals surface area contributed by atoms with Crippen LogP contribution in [0, 0.1) is 12.3 Å². The molecule has 1 spiro atoms. The van der Waals surface area contributed by atoms with E-state index in [4.69, 9.17) is 0 Å². The highest BCUT2D eigenvalue weighted by Gasteiger charge is 2.45. The third kappa shape index (κ3) is 2.96. The number of imide groups is 1. The number of urea groups is 1. The van der Waals surface area contributed by atoms with Gasteiger partial charge in [-0.1, -0.05) is 6.07 Å². The molecule has 0 radical (unpaired) electrons. The summed E-state index contributed by atoms with van der Waals surface area (Å²) in [6, 6.07) is 5.04. The quantitative estimate of drug-likeness (QED) is 0.836. The van der Waals surface area contributed by atoms with Crippen LogP contribution in [0.2, 0.25) is 0 Å². The predicted molar refractivity (Wildman–Crippen MR) is 97.1 cm³/mol. The summed E-state index contributed by atoms with van der Waals surface area (Å²) >= 11 is 0. The first kappa shape index (κ1) is 17.0. The monoisotopic (exact) mass is 356 g/mol. The maximum absolute atomic E-state index is 12.9. The number of anilines is 1. The van der Waals surface area contributed by atoms with E-state index >= 15 is 0 Å². The summed E-state index contributed by atoms with van der Waals surface area (Å²) in [4.78, 5) is 39.8. The molecule has 4 amide bonds. The molecule has 1 aromatic rings. The van der Waals surface area contributed by atoms with Crippen molar-refractivity contribution in [3.05, 3.63) is 29.3 Å². The Morgan fingerprint density at radius 1 is 1.15 bits per heavy atom. The molecule has 3 fully saturated rings. The summed E-state index contributed by atoms with van der Waals surface area (Å²) in [6.45, 7) is 5.92. The van der Waals surface area contributed by atoms with E-state index in [2.05, 4.69) is 10.6 Å². The molecule has 3 aliphatic heterocycles. The van der Waals surface area contributed by atoms with Gasteiger partial charge in [0.2, 0.25) is 5.91 Å². The van der Waals surface area contributed by atoms with Crippen molar-refractivity contribution in [1.29, 1.82) is 0 Å². The molecule has 3 aliphatic rings. The predicted octanol–water partition coefficient (Wildman–Crippen LogP) is 1.27. The number of amides is 4. The molecule has 2 N–H and O–H groups in total. The van der Waals surface area contributed by atoms with Crippen molar-refractivity contribution < 1.29 is 14.4 Å². The van der Waals surface area contributed by atoms with E-state index in [1.54, 1.807) is 6.07 Å². The summed E-state index contributed by atoms with van der Waals surface area (Å²) in [6.07, 6.45) is 2.52. The van der Waals surface area contributed by atoms with Crippen molar-refractivity contribution in [2.24, 2.45) is 5.41 Å². The number of nitrogens with one attached hydrogen (secondary N) is 2. The Kier molecular flexibility index (Phi) is 4.19. The highest BCUT2D eigenvalue weighted by Crippen LogP contribution is 2.39. The van der Waals surface area contributed by atoms with Crippen molar-refractivity contribution in [2.75, 3.05) is 37.6 Å². The van der Waals surface area contributed by atoms with Gasteiger partial charge in [0.15, 0.2) is 0 Å². The average Bonchev–Trinajstić information content (AvgIpc) is 2.61. The molecule has 0 unspecified atom stereocenters. The van der Waals surface area contributed by atoms with Crippen LogP contribution in [-0.4, -0.2) is 55.5 Å². The fraction of sp³-hybridized carbons (Fsp3) is 0.526. The zero-order valence-electron chi connectivity index (χ0n) is 15.0. The van der Waals surface area contributed by atoms with Crippen LogP contribution < -0.4 is 15.5 Å². The van der Waals surface area contributed by atoms with Crippen LogP contribution in [0.15, 0.2) is 18.2 Å². The largest absolute Gasteiger partial charge is 0.337 e. The van der Waals surface area contributed by atoms with Crippen molar-refractivity contribution >= 4 is 23.5 Å². The number of hydrogen-bond acceptors (Lipinski definition) is 4. The Bertz CT molecular complexity index is 762. The topological polar surface area (TPSA) is 81.8 Å². The van der Waals surface area contributed by atoms with Gasteiger partial charge in [-0.2, -0.15) is 0 Å². The van der Waals surface area contributed by atoms with Crippen LogP contribution in [0.25, 0.3) is 0 Å². The molecule has 7 heteroatoms. The van der Waals surface area contributed by atoms with Gasteiger partial charge in [0, 0.05) is 42.7 Å². The van der Waals surface area contributed by atoms with E-state index in [-0.39, 0.29) is 18.2 Å². The molecule has 0 atom stereocenters. The molecule has 0 bridgehead atoms. The molecule has 138 valence electrons. The van der Waals surface area contributed by atoms with Gasteiger partial charge in [-0.25, -0.2) is 4.79 Å². The van der Waals surface area contributed by atoms with Crippen LogP contribution >= 0.6 is 0 Å². The second-order valence-electron chi connectivity index (χ2n) is 7.67. The Morgan fingerprint density at radius 2 is 1.88 bits per heavy atom. The Balaban J connectivity index is 1.50. The Hall–Kier alpha value is -2.41. The molecule has 4 rings (SSSR count). The molecular weight excluding hydrogens is 332 g/mol. The fourth-order valence-electron chi connectivity index (χ4n) is 4.19. The van der Waals surface area contributed by atoms with Crippen molar-refractivity contribution in [3.63, 3.8) is 0 Å². The Morgan fingerprint density at radius 3 is 2.58 bits per heavy atom. The SMILES string of the molecule is Cc1ccc(C(=O)N2CC3(CCNCC3)C2)cc1N1CCC(=O)NC1=O. The number of rotatable bonds is 2. The normalized spacial score (nSPS) is 22.2. The Labute approximate surface area is 152 Å². The first-order valence-corrected chi connectivity index (χ1v) is 9.19. The third-order valence-electron chi connectivity index (χ3n) is 5.80. The maximum Gasteiger partial charge on any atom is 0.328 e. The molecule has 0 saturated carbocycles. The molecular formula is C19H24N4O3. The van der Waals surface area contributed by atoms with E-state index in [9.17, 15) is 14.4 Å². The van der Waals surface area contributed by atoms with Crippen LogP contribution in [-0.2, 0) is 4.79 Å². The highest BCUT2D eigenvalue weighted by atomic mass is 16.2. The van der Waals surface area contributed by atoms with Crippen molar-refractivity contribution in [1.82, 2.24) is 15.5 Å². The van der Waals surface area contributed by atoms with Gasteiger partial charge < -0.3 is 10.2 Å². The van der Waals surface area contributed by atoms with Gasteiger partial charge in [-0.05, 0) is 50.6 Å². The molecule has 1 aromatic carbocycles. The summed E-state index contributed by atoms with van der Waals surface area (Å²) in [7, 11) is 0. The third-order valence-corrected chi connectivity index (χ3v) is 5.80. The van der Waals surface area contributed by atoms with Gasteiger partial charge in [-0.3, -0.25) is 19.8 Å². The lowest BCUT2D eigenvalue weighted by molar-refractivity contribution is -0.120. The average molecular weight is 356 g/mol. The van der Waals surface area contributed by atoms with Crippen molar-refractivity contribution in [2.45, 2.75) is 26.2 Å². The smallest absolute Gasteiger partial charge is 0.328 e. The van der Waals surface area contributed by atoms with E-state index in [1.807, 2.05) is 24.0 Å². The zero-order valence-corrected chi connectivity index (χ0v) is 15.0. The van der Waals surface area contributed by atoms with E-state index in [0.717, 1.165) is 44.6 Å². The van der Waals surface area contributed by atoms with Crippen LogP contribution in [0.4, 0.5) is 10.5 Å². The summed E-state index contributed by atoms with van der Waals surface area (Å²) in [5.41, 5.74) is 2.49. The van der Waals surface area contributed by atoms with Crippen molar-refractivity contribution in [3.8, 4) is 0 Å². The van der Waals surface area contributed by atoms with Crippen LogP contribution in [0.3, 0.4) is 0 Å².